The number of halogens is 2. The van der Waals surface area contributed by atoms with Gasteiger partial charge in [0.05, 0.1) is 22.1 Å². The summed E-state index contributed by atoms with van der Waals surface area (Å²) in [4.78, 5) is 20.5. The second kappa shape index (κ2) is 9.13. The first-order valence-corrected chi connectivity index (χ1v) is 11.9. The largest absolute Gasteiger partial charge is 0.479 e. The zero-order valence-corrected chi connectivity index (χ0v) is 19.8. The molecule has 0 saturated heterocycles. The number of aromatic nitrogens is 4. The second-order valence-corrected chi connectivity index (χ2v) is 9.43. The van der Waals surface area contributed by atoms with Crippen molar-refractivity contribution in [3.05, 3.63) is 65.0 Å². The number of hydrogen-bond donors (Lipinski definition) is 2. The Balaban J connectivity index is 1.46. The molecule has 3 N–H and O–H groups in total. The number of pyridine rings is 1. The fraction of sp³-hybridized carbons (Fsp3) is 0.280. The number of alkyl halides is 1. The molecule has 5 rings (SSSR count). The molecule has 4 aromatic rings. The second-order valence-electron chi connectivity index (χ2n) is 8.64. The minimum Gasteiger partial charge on any atom is -0.479 e. The first-order valence-electron chi connectivity index (χ1n) is 11.2. The maximum Gasteiger partial charge on any atom is 0.338 e. The number of anilines is 1. The van der Waals surface area contributed by atoms with Gasteiger partial charge in [0.2, 0.25) is 0 Å². The minimum absolute atomic E-state index is 0.0558. The molecular formula is C25H23BrFN5O2. The van der Waals surface area contributed by atoms with E-state index in [9.17, 15) is 9.18 Å². The highest BCUT2D eigenvalue weighted by Gasteiger charge is 2.34. The van der Waals surface area contributed by atoms with E-state index in [1.165, 1.54) is 0 Å². The summed E-state index contributed by atoms with van der Waals surface area (Å²) in [5, 5.41) is 13.4. The third-order valence-electron chi connectivity index (χ3n) is 6.60. The Morgan fingerprint density at radius 1 is 1.09 bits per heavy atom. The average molecular weight is 524 g/mol. The highest BCUT2D eigenvalue weighted by Crippen LogP contribution is 2.41. The van der Waals surface area contributed by atoms with Crippen LogP contribution in [0.3, 0.4) is 0 Å². The normalized spacial score (nSPS) is 19.2. The molecule has 0 radical (unpaired) electrons. The van der Waals surface area contributed by atoms with E-state index in [-0.39, 0.29) is 5.92 Å². The van der Waals surface area contributed by atoms with Crippen molar-refractivity contribution in [2.24, 2.45) is 5.92 Å². The summed E-state index contributed by atoms with van der Waals surface area (Å²) < 4.78 is 16.2. The molecule has 1 unspecified atom stereocenters. The third kappa shape index (κ3) is 4.04. The lowest BCUT2D eigenvalue weighted by Crippen LogP contribution is -2.28. The lowest BCUT2D eigenvalue weighted by molar-refractivity contribution is -0.145. The van der Waals surface area contributed by atoms with Crippen LogP contribution in [0.4, 0.5) is 10.2 Å². The SMILES string of the molecule is Nc1c(Br)c([C@H]2CC[C@H](C(F)C(=O)O)CC2)nc2c(-c3ccc(-c4ccccc4)nc3)cnn12. The van der Waals surface area contributed by atoms with Gasteiger partial charge in [-0.2, -0.15) is 9.61 Å². The van der Waals surface area contributed by atoms with Crippen LogP contribution in [0.5, 0.6) is 0 Å². The Morgan fingerprint density at radius 3 is 2.47 bits per heavy atom. The minimum atomic E-state index is -1.82. The van der Waals surface area contributed by atoms with Crippen LogP contribution >= 0.6 is 15.9 Å². The van der Waals surface area contributed by atoms with Gasteiger partial charge >= 0.3 is 5.97 Å². The monoisotopic (exact) mass is 523 g/mol. The quantitative estimate of drug-likeness (QED) is 0.357. The zero-order chi connectivity index (χ0) is 23.8. The van der Waals surface area contributed by atoms with Crippen molar-refractivity contribution in [3.8, 4) is 22.4 Å². The Hall–Kier alpha value is -3.33. The van der Waals surface area contributed by atoms with Gasteiger partial charge in [-0.1, -0.05) is 36.4 Å². The number of carboxylic acids is 1. The maximum atomic E-state index is 14.0. The van der Waals surface area contributed by atoms with Gasteiger partial charge in [0.15, 0.2) is 11.8 Å². The molecule has 1 aliphatic rings. The molecule has 0 bridgehead atoms. The zero-order valence-electron chi connectivity index (χ0n) is 18.2. The summed E-state index contributed by atoms with van der Waals surface area (Å²) in [6.45, 7) is 0. The lowest BCUT2D eigenvalue weighted by atomic mass is 9.78. The standard InChI is InChI=1S/C25H23BrFN5O2/c26-20-22(16-8-6-15(7-9-16)21(27)25(33)34)31-24-18(13-30-32(24)23(20)28)17-10-11-19(29-12-17)14-4-2-1-3-5-14/h1-5,10-13,15-16,21H,6-9,28H2,(H,33,34)/t15-,16-,21?. The van der Waals surface area contributed by atoms with Crippen LogP contribution in [0, 0.1) is 5.92 Å². The Bertz CT molecular complexity index is 1340. The van der Waals surface area contributed by atoms with Crippen molar-refractivity contribution < 1.29 is 14.3 Å². The average Bonchev–Trinajstić information content (AvgIpc) is 3.30. The van der Waals surface area contributed by atoms with Crippen molar-refractivity contribution in [1.29, 1.82) is 0 Å². The van der Waals surface area contributed by atoms with Gasteiger partial charge in [0.25, 0.3) is 0 Å². The van der Waals surface area contributed by atoms with E-state index in [0.717, 1.165) is 28.1 Å². The maximum absolute atomic E-state index is 14.0. The van der Waals surface area contributed by atoms with E-state index >= 15 is 0 Å². The molecule has 7 nitrogen and oxygen atoms in total. The highest BCUT2D eigenvalue weighted by atomic mass is 79.9. The fourth-order valence-electron chi connectivity index (χ4n) is 4.71. The number of nitrogens with zero attached hydrogens (tertiary/aromatic N) is 4. The summed E-state index contributed by atoms with van der Waals surface area (Å²) >= 11 is 3.58. The molecule has 0 amide bonds. The van der Waals surface area contributed by atoms with E-state index in [1.54, 1.807) is 16.9 Å². The van der Waals surface area contributed by atoms with Crippen LogP contribution in [-0.4, -0.2) is 36.8 Å². The predicted molar refractivity (Wildman–Crippen MR) is 131 cm³/mol. The van der Waals surface area contributed by atoms with Gasteiger partial charge in [-0.05, 0) is 47.7 Å². The summed E-state index contributed by atoms with van der Waals surface area (Å²) in [5.41, 5.74) is 11.4. The van der Waals surface area contributed by atoms with E-state index in [0.29, 0.717) is 41.6 Å². The van der Waals surface area contributed by atoms with Crippen LogP contribution in [0.15, 0.2) is 59.3 Å². The van der Waals surface area contributed by atoms with Crippen LogP contribution in [-0.2, 0) is 4.79 Å². The third-order valence-corrected chi connectivity index (χ3v) is 7.41. The first-order chi connectivity index (χ1) is 16.4. The number of rotatable bonds is 5. The van der Waals surface area contributed by atoms with Gasteiger partial charge in [-0.15, -0.1) is 0 Å². The molecule has 34 heavy (non-hydrogen) atoms. The molecule has 1 saturated carbocycles. The summed E-state index contributed by atoms with van der Waals surface area (Å²) in [7, 11) is 0. The van der Waals surface area contributed by atoms with Crippen molar-refractivity contribution in [2.45, 2.75) is 37.8 Å². The number of carbonyl (C=O) groups is 1. The molecule has 174 valence electrons. The smallest absolute Gasteiger partial charge is 0.338 e. The van der Waals surface area contributed by atoms with Crippen LogP contribution < -0.4 is 5.73 Å². The molecular weight excluding hydrogens is 501 g/mol. The van der Waals surface area contributed by atoms with Gasteiger partial charge in [-0.3, -0.25) is 4.98 Å². The number of aliphatic carboxylic acids is 1. The molecule has 1 atom stereocenters. The Morgan fingerprint density at radius 2 is 1.82 bits per heavy atom. The number of nitrogen functional groups attached to an aromatic ring is 1. The van der Waals surface area contributed by atoms with Gasteiger partial charge < -0.3 is 10.8 Å². The Kier molecular flexibility index (Phi) is 6.03. The topological polar surface area (TPSA) is 106 Å². The molecule has 0 aliphatic heterocycles. The molecule has 1 fully saturated rings. The molecule has 1 aromatic carbocycles. The lowest BCUT2D eigenvalue weighted by Gasteiger charge is -2.29. The molecule has 9 heteroatoms. The number of hydrogen-bond acceptors (Lipinski definition) is 5. The van der Waals surface area contributed by atoms with Gasteiger partial charge in [-0.25, -0.2) is 14.2 Å². The van der Waals surface area contributed by atoms with Crippen molar-refractivity contribution >= 4 is 33.4 Å². The summed E-state index contributed by atoms with van der Waals surface area (Å²) in [5.74, 6) is -1.35. The van der Waals surface area contributed by atoms with Crippen LogP contribution in [0.1, 0.15) is 37.3 Å². The number of nitrogens with two attached hydrogens (primary N) is 1. The number of fused-ring (bicyclic) bond motifs is 1. The van der Waals surface area contributed by atoms with Crippen molar-refractivity contribution in [3.63, 3.8) is 0 Å². The van der Waals surface area contributed by atoms with Gasteiger partial charge in [0, 0.05) is 34.7 Å². The number of carboxylic acid groups (broad SMARTS) is 1. The Labute approximate surface area is 204 Å². The van der Waals surface area contributed by atoms with Gasteiger partial charge in [0.1, 0.15) is 5.82 Å². The fourth-order valence-corrected chi connectivity index (χ4v) is 5.29. The van der Waals surface area contributed by atoms with E-state index in [1.807, 2.05) is 42.5 Å². The molecule has 3 aromatic heterocycles. The summed E-state index contributed by atoms with van der Waals surface area (Å²) in [6.07, 6.45) is 4.00. The molecule has 3 heterocycles. The first kappa shape index (κ1) is 22.5. The number of benzene rings is 1. The molecule has 0 spiro atoms. The van der Waals surface area contributed by atoms with Crippen LogP contribution in [0.2, 0.25) is 0 Å². The summed E-state index contributed by atoms with van der Waals surface area (Å²) in [6, 6.07) is 13.9. The van der Waals surface area contributed by atoms with Crippen LogP contribution in [0.25, 0.3) is 28.0 Å². The van der Waals surface area contributed by atoms with E-state index < -0.39 is 18.1 Å². The van der Waals surface area contributed by atoms with E-state index in [2.05, 4.69) is 26.0 Å². The van der Waals surface area contributed by atoms with Crippen molar-refractivity contribution in [1.82, 2.24) is 19.6 Å². The van der Waals surface area contributed by atoms with Crippen molar-refractivity contribution in [2.75, 3.05) is 5.73 Å². The van der Waals surface area contributed by atoms with E-state index in [4.69, 9.17) is 15.8 Å². The predicted octanol–water partition coefficient (Wildman–Crippen LogP) is 5.50. The highest BCUT2D eigenvalue weighted by molar-refractivity contribution is 9.10. The molecule has 1 aliphatic carbocycles.